The number of benzene rings is 2. The predicted octanol–water partition coefficient (Wildman–Crippen LogP) is 3.99. The topological polar surface area (TPSA) is 73.8 Å². The summed E-state index contributed by atoms with van der Waals surface area (Å²) >= 11 is 1.50. The summed E-state index contributed by atoms with van der Waals surface area (Å²) in [5.74, 6) is -0.177. The van der Waals surface area contributed by atoms with Gasteiger partial charge in [-0.3, -0.25) is 9.69 Å². The monoisotopic (exact) mass is 486 g/mol. The molecule has 0 N–H and O–H groups in total. The first kappa shape index (κ1) is 23.8. The summed E-state index contributed by atoms with van der Waals surface area (Å²) < 4.78 is 28.1. The fourth-order valence-electron chi connectivity index (χ4n) is 3.69. The van der Waals surface area contributed by atoms with E-state index in [-0.39, 0.29) is 16.8 Å². The van der Waals surface area contributed by atoms with E-state index in [1.807, 2.05) is 33.2 Å². The molecular weight excluding hydrogens is 456 g/mol. The van der Waals surface area contributed by atoms with Gasteiger partial charge in [0.15, 0.2) is 5.13 Å². The van der Waals surface area contributed by atoms with Crippen molar-refractivity contribution >= 4 is 42.6 Å². The van der Waals surface area contributed by atoms with Crippen LogP contribution in [0.2, 0.25) is 0 Å². The van der Waals surface area contributed by atoms with Crippen LogP contribution in [0.3, 0.4) is 0 Å². The minimum atomic E-state index is -3.54. The zero-order chi connectivity index (χ0) is 23.8. The van der Waals surface area contributed by atoms with Gasteiger partial charge in [0.1, 0.15) is 0 Å². The van der Waals surface area contributed by atoms with Crippen LogP contribution in [-0.2, 0) is 10.0 Å². The molecule has 0 spiro atoms. The lowest BCUT2D eigenvalue weighted by Gasteiger charge is -2.21. The van der Waals surface area contributed by atoms with Gasteiger partial charge in [0.2, 0.25) is 10.0 Å². The summed E-state index contributed by atoms with van der Waals surface area (Å²) in [7, 11) is 2.08. The Morgan fingerprint density at radius 3 is 2.39 bits per heavy atom. The number of hydrogen-bond donors (Lipinski definition) is 0. The van der Waals surface area contributed by atoms with Crippen molar-refractivity contribution in [1.29, 1.82) is 0 Å². The largest absolute Gasteiger partial charge is 0.309 e. The first-order valence-electron chi connectivity index (χ1n) is 11.1. The second-order valence-corrected chi connectivity index (χ2v) is 11.9. The van der Waals surface area contributed by atoms with Gasteiger partial charge < -0.3 is 4.90 Å². The number of thiazole rings is 1. The Labute approximate surface area is 199 Å². The number of amides is 1. The van der Waals surface area contributed by atoms with Crippen molar-refractivity contribution in [1.82, 2.24) is 14.2 Å². The molecule has 1 aliphatic carbocycles. The van der Waals surface area contributed by atoms with Gasteiger partial charge in [-0.25, -0.2) is 13.4 Å². The van der Waals surface area contributed by atoms with E-state index in [1.54, 1.807) is 24.1 Å². The number of carbonyl (C=O) groups excluding carboxylic acids is 1. The third kappa shape index (κ3) is 5.27. The molecule has 1 fully saturated rings. The van der Waals surface area contributed by atoms with Crippen molar-refractivity contribution in [3.8, 4) is 0 Å². The van der Waals surface area contributed by atoms with E-state index >= 15 is 0 Å². The number of nitrogens with zero attached hydrogens (tertiary/aromatic N) is 4. The van der Waals surface area contributed by atoms with Crippen LogP contribution < -0.4 is 4.90 Å². The zero-order valence-electron chi connectivity index (χ0n) is 19.5. The Bertz CT molecular complexity index is 1250. The lowest BCUT2D eigenvalue weighted by atomic mass is 10.2. The van der Waals surface area contributed by atoms with E-state index in [9.17, 15) is 13.2 Å². The van der Waals surface area contributed by atoms with Gasteiger partial charge in [0, 0.05) is 25.2 Å². The highest BCUT2D eigenvalue weighted by Gasteiger charge is 2.35. The van der Waals surface area contributed by atoms with Crippen LogP contribution in [0.25, 0.3) is 10.2 Å². The van der Waals surface area contributed by atoms with Gasteiger partial charge >= 0.3 is 0 Å². The first-order chi connectivity index (χ1) is 15.7. The smallest absolute Gasteiger partial charge is 0.260 e. The summed E-state index contributed by atoms with van der Waals surface area (Å²) in [6.07, 6.45) is 2.60. The van der Waals surface area contributed by atoms with Gasteiger partial charge in [0.05, 0.1) is 15.1 Å². The second kappa shape index (κ2) is 9.50. The standard InChI is InChI=1S/C24H30N4O3S2/c1-17-6-13-21-22(16-17)32-24(25-21)28(15-5-14-26(2)3)23(29)18-7-11-20(12-8-18)33(30,31)27(4)19-9-10-19/h6-8,11-13,16,19H,5,9-10,14-15H2,1-4H3. The molecule has 1 saturated carbocycles. The Balaban J connectivity index is 1.61. The van der Waals surface area contributed by atoms with Crippen molar-refractivity contribution in [2.45, 2.75) is 37.1 Å². The molecule has 1 aromatic heterocycles. The SMILES string of the molecule is Cc1ccc2nc(N(CCCN(C)C)C(=O)c3ccc(S(=O)(=O)N(C)C4CC4)cc3)sc2c1. The van der Waals surface area contributed by atoms with Crippen LogP contribution in [0.5, 0.6) is 0 Å². The Morgan fingerprint density at radius 1 is 1.06 bits per heavy atom. The number of aromatic nitrogens is 1. The van der Waals surface area contributed by atoms with Gasteiger partial charge in [-0.2, -0.15) is 4.31 Å². The number of hydrogen-bond acceptors (Lipinski definition) is 6. The van der Waals surface area contributed by atoms with Crippen LogP contribution in [0.15, 0.2) is 47.4 Å². The van der Waals surface area contributed by atoms with Crippen LogP contribution in [-0.4, -0.2) is 68.8 Å². The molecule has 4 rings (SSSR count). The number of carbonyl (C=O) groups is 1. The van der Waals surface area contributed by atoms with E-state index in [2.05, 4.69) is 11.0 Å². The quantitative estimate of drug-likeness (QED) is 0.457. The van der Waals surface area contributed by atoms with Crippen LogP contribution >= 0.6 is 11.3 Å². The second-order valence-electron chi connectivity index (χ2n) is 8.86. The summed E-state index contributed by atoms with van der Waals surface area (Å²) in [5, 5.41) is 0.657. The van der Waals surface area contributed by atoms with Gasteiger partial charge in [0.25, 0.3) is 5.91 Å². The first-order valence-corrected chi connectivity index (χ1v) is 13.3. The molecule has 0 unspecified atom stereocenters. The maximum Gasteiger partial charge on any atom is 0.260 e. The van der Waals surface area contributed by atoms with E-state index in [0.29, 0.717) is 17.2 Å². The summed E-state index contributed by atoms with van der Waals surface area (Å²) in [5.41, 5.74) is 2.47. The minimum absolute atomic E-state index is 0.0890. The van der Waals surface area contributed by atoms with Crippen LogP contribution in [0, 0.1) is 6.92 Å². The van der Waals surface area contributed by atoms with Crippen molar-refractivity contribution < 1.29 is 13.2 Å². The van der Waals surface area contributed by atoms with Gasteiger partial charge in [-0.15, -0.1) is 0 Å². The average Bonchev–Trinajstić information content (AvgIpc) is 3.55. The predicted molar refractivity (Wildman–Crippen MR) is 134 cm³/mol. The fourth-order valence-corrected chi connectivity index (χ4v) is 6.19. The molecule has 0 bridgehead atoms. The number of anilines is 1. The molecule has 1 aliphatic rings. The zero-order valence-corrected chi connectivity index (χ0v) is 21.1. The highest BCUT2D eigenvalue weighted by Crippen LogP contribution is 2.32. The minimum Gasteiger partial charge on any atom is -0.309 e. The molecule has 0 radical (unpaired) electrons. The van der Waals surface area contributed by atoms with E-state index in [0.717, 1.165) is 41.6 Å². The van der Waals surface area contributed by atoms with Crippen molar-refractivity contribution in [3.05, 3.63) is 53.6 Å². The van der Waals surface area contributed by atoms with Gasteiger partial charge in [-0.05, 0) is 88.8 Å². The molecule has 1 heterocycles. The number of sulfonamides is 1. The Kier molecular flexibility index (Phi) is 6.86. The third-order valence-corrected chi connectivity index (χ3v) is 8.80. The van der Waals surface area contributed by atoms with Gasteiger partial charge in [-0.1, -0.05) is 17.4 Å². The lowest BCUT2D eigenvalue weighted by Crippen LogP contribution is -2.33. The molecule has 0 atom stereocenters. The number of fused-ring (bicyclic) bond motifs is 1. The lowest BCUT2D eigenvalue weighted by molar-refractivity contribution is 0.0986. The molecular formula is C24H30N4O3S2. The van der Waals surface area contributed by atoms with Crippen molar-refractivity contribution in [3.63, 3.8) is 0 Å². The average molecular weight is 487 g/mol. The molecule has 0 aliphatic heterocycles. The van der Waals surface area contributed by atoms with Crippen LogP contribution in [0.1, 0.15) is 35.2 Å². The molecule has 33 heavy (non-hydrogen) atoms. The van der Waals surface area contributed by atoms with Crippen LogP contribution in [0.4, 0.5) is 5.13 Å². The molecule has 3 aromatic rings. The summed E-state index contributed by atoms with van der Waals surface area (Å²) in [6, 6.07) is 12.4. The molecule has 176 valence electrons. The number of aryl methyl sites for hydroxylation is 1. The highest BCUT2D eigenvalue weighted by molar-refractivity contribution is 7.89. The van der Waals surface area contributed by atoms with Crippen molar-refractivity contribution in [2.24, 2.45) is 0 Å². The maximum atomic E-state index is 13.5. The molecule has 1 amide bonds. The molecule has 2 aromatic carbocycles. The normalized spacial score (nSPS) is 14.4. The fraction of sp³-hybridized carbons (Fsp3) is 0.417. The van der Waals surface area contributed by atoms with Crippen molar-refractivity contribution in [2.75, 3.05) is 39.1 Å². The Hall–Kier alpha value is -2.33. The maximum absolute atomic E-state index is 13.5. The highest BCUT2D eigenvalue weighted by atomic mass is 32.2. The van der Waals surface area contributed by atoms with E-state index in [1.165, 1.54) is 27.8 Å². The Morgan fingerprint density at radius 2 is 1.76 bits per heavy atom. The van der Waals surface area contributed by atoms with E-state index < -0.39 is 10.0 Å². The molecule has 0 saturated heterocycles. The number of rotatable bonds is 9. The third-order valence-electron chi connectivity index (χ3n) is 5.84. The summed E-state index contributed by atoms with van der Waals surface area (Å²) in [6.45, 7) is 3.41. The molecule has 9 heteroatoms. The molecule has 7 nitrogen and oxygen atoms in total. The van der Waals surface area contributed by atoms with E-state index in [4.69, 9.17) is 4.98 Å². The summed E-state index contributed by atoms with van der Waals surface area (Å²) in [4.78, 5) is 22.2.